The number of nitrogens with zero attached hydrogens (tertiary/aromatic N) is 2. The summed E-state index contributed by atoms with van der Waals surface area (Å²) >= 11 is 0. The van der Waals surface area contributed by atoms with Crippen molar-refractivity contribution >= 4 is 29.1 Å². The van der Waals surface area contributed by atoms with Gasteiger partial charge in [-0.2, -0.15) is 0 Å². The molecule has 0 radical (unpaired) electrons. The number of anilines is 1. The first-order valence-electron chi connectivity index (χ1n) is 11.4. The molecule has 0 bridgehead atoms. The number of oxime groups is 1. The van der Waals surface area contributed by atoms with Crippen LogP contribution < -0.4 is 11.1 Å². The summed E-state index contributed by atoms with van der Waals surface area (Å²) in [6, 6.07) is 6.66. The monoisotopic (exact) mass is 452 g/mol. The zero-order chi connectivity index (χ0) is 23.8. The van der Waals surface area contributed by atoms with Gasteiger partial charge in [0.15, 0.2) is 5.60 Å². The minimum absolute atomic E-state index is 0.0724. The number of amides is 3. The van der Waals surface area contributed by atoms with E-state index in [1.807, 2.05) is 31.2 Å². The first kappa shape index (κ1) is 24.2. The Morgan fingerprint density at radius 3 is 2.85 bits per heavy atom. The minimum Gasteiger partial charge on any atom is -0.387 e. The number of unbranched alkanes of at least 4 members (excludes halogenated alkanes) is 2. The second-order valence-electron chi connectivity index (χ2n) is 8.55. The molecule has 3 amide bonds. The largest absolute Gasteiger partial charge is 0.387 e. The molecule has 1 saturated heterocycles. The summed E-state index contributed by atoms with van der Waals surface area (Å²) < 4.78 is 0. The highest BCUT2D eigenvalue weighted by Crippen LogP contribution is 2.39. The van der Waals surface area contributed by atoms with Crippen LogP contribution in [0, 0.1) is 0 Å². The lowest BCUT2D eigenvalue weighted by Gasteiger charge is -2.23. The predicted molar refractivity (Wildman–Crippen MR) is 127 cm³/mol. The molecule has 2 aliphatic heterocycles. The van der Waals surface area contributed by atoms with Crippen LogP contribution in [0.25, 0.3) is 0 Å². The Kier molecular flexibility index (Phi) is 8.03. The van der Waals surface area contributed by atoms with Crippen molar-refractivity contribution in [2.75, 3.05) is 11.9 Å². The molecule has 3 N–H and O–H groups in total. The van der Waals surface area contributed by atoms with Gasteiger partial charge in [-0.1, -0.05) is 55.3 Å². The summed E-state index contributed by atoms with van der Waals surface area (Å²) in [6.07, 6.45) is 10.7. The van der Waals surface area contributed by atoms with Crippen molar-refractivity contribution in [3.05, 3.63) is 54.1 Å². The van der Waals surface area contributed by atoms with E-state index in [4.69, 9.17) is 10.6 Å². The van der Waals surface area contributed by atoms with Crippen LogP contribution in [-0.2, 0) is 19.2 Å². The van der Waals surface area contributed by atoms with Crippen LogP contribution >= 0.6 is 0 Å². The van der Waals surface area contributed by atoms with E-state index in [1.54, 1.807) is 23.1 Å². The lowest BCUT2D eigenvalue weighted by molar-refractivity contribution is -0.137. The van der Waals surface area contributed by atoms with Crippen LogP contribution in [-0.4, -0.2) is 46.5 Å². The van der Waals surface area contributed by atoms with Gasteiger partial charge in [0.2, 0.25) is 17.7 Å². The topological polar surface area (TPSA) is 114 Å². The third-order valence-corrected chi connectivity index (χ3v) is 5.90. The number of likely N-dealkylation sites (tertiary alicyclic amines) is 1. The molecule has 0 aliphatic carbocycles. The van der Waals surface area contributed by atoms with Crippen molar-refractivity contribution in [2.24, 2.45) is 10.9 Å². The summed E-state index contributed by atoms with van der Waals surface area (Å²) in [6.45, 7) is 4.24. The highest BCUT2D eigenvalue weighted by molar-refractivity contribution is 6.04. The molecule has 176 valence electrons. The van der Waals surface area contributed by atoms with Crippen LogP contribution in [0.5, 0.6) is 0 Å². The van der Waals surface area contributed by atoms with E-state index in [9.17, 15) is 14.4 Å². The molecule has 1 spiro atoms. The summed E-state index contributed by atoms with van der Waals surface area (Å²) in [5.74, 6) is -0.830. The molecule has 2 heterocycles. The first-order valence-corrected chi connectivity index (χ1v) is 11.4. The van der Waals surface area contributed by atoms with Gasteiger partial charge in [0.1, 0.15) is 6.04 Å². The molecule has 1 aromatic carbocycles. The van der Waals surface area contributed by atoms with Gasteiger partial charge >= 0.3 is 0 Å². The van der Waals surface area contributed by atoms with E-state index < -0.39 is 17.6 Å². The maximum Gasteiger partial charge on any atom is 0.248 e. The highest BCUT2D eigenvalue weighted by atomic mass is 16.7. The minimum atomic E-state index is -0.760. The Balaban J connectivity index is 1.68. The van der Waals surface area contributed by atoms with Crippen LogP contribution in [0.2, 0.25) is 0 Å². The van der Waals surface area contributed by atoms with E-state index in [2.05, 4.69) is 17.4 Å². The molecule has 8 heteroatoms. The lowest BCUT2D eigenvalue weighted by atomic mass is 9.91. The van der Waals surface area contributed by atoms with Crippen molar-refractivity contribution in [1.29, 1.82) is 0 Å². The van der Waals surface area contributed by atoms with Gasteiger partial charge in [-0.05, 0) is 25.5 Å². The standard InChI is InChI=1S/C25H32N4O4/c1-3-5-7-12-22(30)27-19-11-9-10-18(14-19)20-15-25(33-28-20)16-21(24(26)32)29(17-25)23(31)13-8-6-4-2/h3,5,7,9-12,14,21H,4,6,8,13,15-17H2,1-2H3,(H2,26,32)(H,27,30)/b5-3-,12-7-/t21-,25?/m0/s1. The number of rotatable bonds is 9. The molecular formula is C25H32N4O4. The number of carbonyl (C=O) groups is 3. The molecule has 1 fully saturated rings. The number of hydrogen-bond acceptors (Lipinski definition) is 5. The highest BCUT2D eigenvalue weighted by Gasteiger charge is 2.53. The van der Waals surface area contributed by atoms with Crippen LogP contribution in [0.1, 0.15) is 57.9 Å². The Morgan fingerprint density at radius 2 is 2.12 bits per heavy atom. The molecule has 2 aliphatic rings. The van der Waals surface area contributed by atoms with Crippen molar-refractivity contribution in [2.45, 2.75) is 64.0 Å². The molecule has 33 heavy (non-hydrogen) atoms. The fourth-order valence-electron chi connectivity index (χ4n) is 4.22. The Labute approximate surface area is 194 Å². The van der Waals surface area contributed by atoms with E-state index in [0.29, 0.717) is 30.7 Å². The molecule has 1 aromatic rings. The number of carbonyl (C=O) groups excluding carboxylic acids is 3. The first-order chi connectivity index (χ1) is 15.9. The molecule has 8 nitrogen and oxygen atoms in total. The number of allylic oxidation sites excluding steroid dienone is 3. The zero-order valence-electron chi connectivity index (χ0n) is 19.3. The molecule has 3 rings (SSSR count). The number of primary amides is 1. The third-order valence-electron chi connectivity index (χ3n) is 5.90. The molecule has 0 saturated carbocycles. The maximum absolute atomic E-state index is 12.7. The van der Waals surface area contributed by atoms with Crippen molar-refractivity contribution < 1.29 is 19.2 Å². The average Bonchev–Trinajstić information content (AvgIpc) is 3.38. The molecule has 0 aromatic heterocycles. The van der Waals surface area contributed by atoms with Crippen molar-refractivity contribution in [3.8, 4) is 0 Å². The quantitative estimate of drug-likeness (QED) is 0.340. The van der Waals surface area contributed by atoms with Crippen molar-refractivity contribution in [1.82, 2.24) is 4.90 Å². The Bertz CT molecular complexity index is 984. The second kappa shape index (κ2) is 10.9. The molecule has 2 atom stereocenters. The van der Waals surface area contributed by atoms with Gasteiger partial charge in [-0.15, -0.1) is 0 Å². The Morgan fingerprint density at radius 1 is 1.30 bits per heavy atom. The fraction of sp³-hybridized carbons (Fsp3) is 0.440. The summed E-state index contributed by atoms with van der Waals surface area (Å²) in [5, 5.41) is 7.10. The van der Waals surface area contributed by atoms with E-state index in [-0.39, 0.29) is 18.4 Å². The summed E-state index contributed by atoms with van der Waals surface area (Å²) in [7, 11) is 0. The number of nitrogens with two attached hydrogens (primary N) is 1. The summed E-state index contributed by atoms with van der Waals surface area (Å²) in [4.78, 5) is 44.2. The Hall–Kier alpha value is -3.42. The SMILES string of the molecule is C/C=C\C=C/C(=O)Nc1cccc(C2=NOC3(C2)C[C@@H](C(N)=O)N(C(=O)CCCCC)C3)c1. The van der Waals surface area contributed by atoms with E-state index in [1.165, 1.54) is 6.08 Å². The van der Waals surface area contributed by atoms with Crippen LogP contribution in [0.15, 0.2) is 53.7 Å². The fourth-order valence-corrected chi connectivity index (χ4v) is 4.22. The van der Waals surface area contributed by atoms with Gasteiger partial charge in [-0.25, -0.2) is 0 Å². The summed E-state index contributed by atoms with van der Waals surface area (Å²) in [5.41, 5.74) is 7.01. The third kappa shape index (κ3) is 6.09. The van der Waals surface area contributed by atoms with E-state index >= 15 is 0 Å². The number of nitrogens with one attached hydrogen (secondary N) is 1. The van der Waals surface area contributed by atoms with Crippen LogP contribution in [0.4, 0.5) is 5.69 Å². The van der Waals surface area contributed by atoms with Gasteiger partial charge < -0.3 is 20.8 Å². The lowest BCUT2D eigenvalue weighted by Crippen LogP contribution is -2.43. The van der Waals surface area contributed by atoms with Gasteiger partial charge in [0.05, 0.1) is 12.3 Å². The molecular weight excluding hydrogens is 420 g/mol. The van der Waals surface area contributed by atoms with Gasteiger partial charge in [0, 0.05) is 36.6 Å². The maximum atomic E-state index is 12.7. The number of benzene rings is 1. The smallest absolute Gasteiger partial charge is 0.248 e. The zero-order valence-corrected chi connectivity index (χ0v) is 19.3. The normalized spacial score (nSPS) is 22.2. The molecule has 1 unspecified atom stereocenters. The number of hydrogen-bond donors (Lipinski definition) is 2. The van der Waals surface area contributed by atoms with Crippen LogP contribution in [0.3, 0.4) is 0 Å². The van der Waals surface area contributed by atoms with Gasteiger partial charge in [0.25, 0.3) is 0 Å². The van der Waals surface area contributed by atoms with Crippen molar-refractivity contribution in [3.63, 3.8) is 0 Å². The second-order valence-corrected chi connectivity index (χ2v) is 8.55. The van der Waals surface area contributed by atoms with Gasteiger partial charge in [-0.3, -0.25) is 14.4 Å². The predicted octanol–water partition coefficient (Wildman–Crippen LogP) is 3.29. The van der Waals surface area contributed by atoms with E-state index in [0.717, 1.165) is 24.8 Å². The average molecular weight is 453 g/mol.